The highest BCUT2D eigenvalue weighted by Gasteiger charge is 2.45. The van der Waals surface area contributed by atoms with Gasteiger partial charge >= 0.3 is 5.97 Å². The number of hydrogen-bond acceptors (Lipinski definition) is 2. The van der Waals surface area contributed by atoms with Gasteiger partial charge in [-0.05, 0) is 43.7 Å². The van der Waals surface area contributed by atoms with Crippen LogP contribution in [0.2, 0.25) is 0 Å². The van der Waals surface area contributed by atoms with Gasteiger partial charge in [0.25, 0.3) is 0 Å². The predicted octanol–water partition coefficient (Wildman–Crippen LogP) is 2.66. The van der Waals surface area contributed by atoms with E-state index in [4.69, 9.17) is 5.11 Å². The molecule has 1 aromatic carbocycles. The lowest BCUT2D eigenvalue weighted by atomic mass is 10.1. The first-order chi connectivity index (χ1) is 7.99. The first-order valence-corrected chi connectivity index (χ1v) is 6.46. The van der Waals surface area contributed by atoms with Crippen molar-refractivity contribution in [2.45, 2.75) is 25.9 Å². The topological polar surface area (TPSA) is 40.5 Å². The SMILES string of the molecule is Cc1ccc(Br)cc1CN(C)C1CC1C(=O)O. The predicted molar refractivity (Wildman–Crippen MR) is 69.9 cm³/mol. The summed E-state index contributed by atoms with van der Waals surface area (Å²) in [5, 5.41) is 8.90. The van der Waals surface area contributed by atoms with Crippen molar-refractivity contribution in [3.63, 3.8) is 0 Å². The van der Waals surface area contributed by atoms with E-state index < -0.39 is 5.97 Å². The van der Waals surface area contributed by atoms with Crippen molar-refractivity contribution in [3.05, 3.63) is 33.8 Å². The maximum Gasteiger partial charge on any atom is 0.308 e. The normalized spacial score (nSPS) is 22.8. The smallest absolute Gasteiger partial charge is 0.308 e. The summed E-state index contributed by atoms with van der Waals surface area (Å²) in [5.74, 6) is -0.847. The molecule has 1 aliphatic carbocycles. The summed E-state index contributed by atoms with van der Waals surface area (Å²) in [6, 6.07) is 6.40. The molecular weight excluding hydrogens is 282 g/mol. The van der Waals surface area contributed by atoms with Crippen LogP contribution in [0.1, 0.15) is 17.5 Å². The van der Waals surface area contributed by atoms with Gasteiger partial charge in [0.05, 0.1) is 5.92 Å². The van der Waals surface area contributed by atoms with Crippen LogP contribution in [0, 0.1) is 12.8 Å². The summed E-state index contributed by atoms with van der Waals surface area (Å²) in [6.07, 6.45) is 0.777. The van der Waals surface area contributed by atoms with Gasteiger partial charge in [0.2, 0.25) is 0 Å². The lowest BCUT2D eigenvalue weighted by Crippen LogP contribution is -2.24. The van der Waals surface area contributed by atoms with Crippen molar-refractivity contribution >= 4 is 21.9 Å². The van der Waals surface area contributed by atoms with E-state index in [9.17, 15) is 4.79 Å². The molecule has 0 saturated heterocycles. The van der Waals surface area contributed by atoms with Gasteiger partial charge in [-0.2, -0.15) is 0 Å². The zero-order chi connectivity index (χ0) is 12.6. The molecule has 1 aliphatic rings. The molecule has 1 N–H and O–H groups in total. The van der Waals surface area contributed by atoms with Crippen LogP contribution in [-0.2, 0) is 11.3 Å². The second-order valence-electron chi connectivity index (χ2n) is 4.73. The van der Waals surface area contributed by atoms with E-state index in [0.717, 1.165) is 17.4 Å². The minimum atomic E-state index is -0.673. The highest BCUT2D eigenvalue weighted by atomic mass is 79.9. The van der Waals surface area contributed by atoms with Crippen molar-refractivity contribution in [1.29, 1.82) is 0 Å². The van der Waals surface area contributed by atoms with E-state index in [-0.39, 0.29) is 12.0 Å². The Kier molecular flexibility index (Phi) is 3.54. The van der Waals surface area contributed by atoms with Crippen LogP contribution >= 0.6 is 15.9 Å². The van der Waals surface area contributed by atoms with E-state index in [2.05, 4.69) is 39.9 Å². The lowest BCUT2D eigenvalue weighted by molar-refractivity contribution is -0.138. The number of halogens is 1. The van der Waals surface area contributed by atoms with Crippen molar-refractivity contribution in [1.82, 2.24) is 4.90 Å². The standard InChI is InChI=1S/C13H16BrNO2/c1-8-3-4-10(14)5-9(8)7-15(2)12-6-11(12)13(16)17/h3-5,11-12H,6-7H2,1-2H3,(H,16,17). The fourth-order valence-electron chi connectivity index (χ4n) is 2.13. The van der Waals surface area contributed by atoms with Crippen LogP contribution in [0.15, 0.2) is 22.7 Å². The van der Waals surface area contributed by atoms with Gasteiger partial charge in [0.1, 0.15) is 0 Å². The van der Waals surface area contributed by atoms with Gasteiger partial charge in [0.15, 0.2) is 0 Å². The third kappa shape index (κ3) is 2.87. The van der Waals surface area contributed by atoms with Crippen LogP contribution in [0.25, 0.3) is 0 Å². The largest absolute Gasteiger partial charge is 0.481 e. The molecule has 1 saturated carbocycles. The van der Waals surface area contributed by atoms with E-state index >= 15 is 0 Å². The molecule has 17 heavy (non-hydrogen) atoms. The highest BCUT2D eigenvalue weighted by Crippen LogP contribution is 2.36. The molecule has 2 unspecified atom stereocenters. The summed E-state index contributed by atoms with van der Waals surface area (Å²) < 4.78 is 1.07. The maximum atomic E-state index is 10.8. The van der Waals surface area contributed by atoms with Crippen LogP contribution in [-0.4, -0.2) is 29.1 Å². The molecule has 92 valence electrons. The van der Waals surface area contributed by atoms with Gasteiger partial charge in [-0.3, -0.25) is 9.69 Å². The Morgan fingerprint density at radius 3 is 2.88 bits per heavy atom. The quantitative estimate of drug-likeness (QED) is 0.929. The van der Waals surface area contributed by atoms with Gasteiger partial charge in [-0.1, -0.05) is 22.0 Å². The van der Waals surface area contributed by atoms with Crippen molar-refractivity contribution in [2.24, 2.45) is 5.92 Å². The van der Waals surface area contributed by atoms with Crippen LogP contribution in [0.5, 0.6) is 0 Å². The van der Waals surface area contributed by atoms with Crippen molar-refractivity contribution in [2.75, 3.05) is 7.05 Å². The Hall–Kier alpha value is -0.870. The Labute approximate surface area is 110 Å². The molecule has 0 radical (unpaired) electrons. The molecular formula is C13H16BrNO2. The molecule has 1 aromatic rings. The minimum absolute atomic E-state index is 0.174. The summed E-state index contributed by atoms with van der Waals surface area (Å²) in [7, 11) is 1.99. The Bertz CT molecular complexity index is 447. The number of carboxylic acid groups (broad SMARTS) is 1. The van der Waals surface area contributed by atoms with Gasteiger partial charge < -0.3 is 5.11 Å². The molecule has 2 rings (SSSR count). The van der Waals surface area contributed by atoms with Gasteiger partial charge in [0, 0.05) is 17.1 Å². The van der Waals surface area contributed by atoms with E-state index in [1.165, 1.54) is 11.1 Å². The molecule has 3 nitrogen and oxygen atoms in total. The van der Waals surface area contributed by atoms with E-state index in [1.807, 2.05) is 13.1 Å². The van der Waals surface area contributed by atoms with Gasteiger partial charge in [-0.25, -0.2) is 0 Å². The van der Waals surface area contributed by atoms with Gasteiger partial charge in [-0.15, -0.1) is 0 Å². The van der Waals surface area contributed by atoms with Crippen molar-refractivity contribution in [3.8, 4) is 0 Å². The average Bonchev–Trinajstić information content (AvgIpc) is 3.03. The maximum absolute atomic E-state index is 10.8. The summed E-state index contributed by atoms with van der Waals surface area (Å²) in [6.45, 7) is 2.89. The van der Waals surface area contributed by atoms with Crippen LogP contribution in [0.4, 0.5) is 0 Å². The zero-order valence-corrected chi connectivity index (χ0v) is 11.6. The Morgan fingerprint density at radius 2 is 2.29 bits per heavy atom. The number of aryl methyl sites for hydroxylation is 1. The first-order valence-electron chi connectivity index (χ1n) is 5.67. The minimum Gasteiger partial charge on any atom is -0.481 e. The molecule has 1 fully saturated rings. The molecule has 0 amide bonds. The molecule has 4 heteroatoms. The molecule has 0 heterocycles. The number of carbonyl (C=O) groups is 1. The fraction of sp³-hybridized carbons (Fsp3) is 0.462. The second kappa shape index (κ2) is 4.78. The van der Waals surface area contributed by atoms with Crippen LogP contribution in [0.3, 0.4) is 0 Å². The second-order valence-corrected chi connectivity index (χ2v) is 5.65. The number of hydrogen-bond donors (Lipinski definition) is 1. The third-order valence-electron chi connectivity index (χ3n) is 3.37. The number of carboxylic acids is 1. The average molecular weight is 298 g/mol. The van der Waals surface area contributed by atoms with Crippen molar-refractivity contribution < 1.29 is 9.90 Å². The molecule has 0 aromatic heterocycles. The molecule has 0 aliphatic heterocycles. The fourth-order valence-corrected chi connectivity index (χ4v) is 2.54. The van der Waals surface area contributed by atoms with Crippen LogP contribution < -0.4 is 0 Å². The Morgan fingerprint density at radius 1 is 1.59 bits per heavy atom. The molecule has 0 spiro atoms. The molecule has 2 atom stereocenters. The number of benzene rings is 1. The molecule has 0 bridgehead atoms. The number of rotatable bonds is 4. The summed E-state index contributed by atoms with van der Waals surface area (Å²) in [5.41, 5.74) is 2.49. The highest BCUT2D eigenvalue weighted by molar-refractivity contribution is 9.10. The number of nitrogens with zero attached hydrogens (tertiary/aromatic N) is 1. The monoisotopic (exact) mass is 297 g/mol. The summed E-state index contributed by atoms with van der Waals surface area (Å²) >= 11 is 3.46. The zero-order valence-electron chi connectivity index (χ0n) is 9.98. The first kappa shape index (κ1) is 12.6. The summed E-state index contributed by atoms with van der Waals surface area (Å²) in [4.78, 5) is 12.9. The third-order valence-corrected chi connectivity index (χ3v) is 3.86. The lowest BCUT2D eigenvalue weighted by Gasteiger charge is -2.18. The number of aliphatic carboxylic acids is 1. The Balaban J connectivity index is 2.02. The van der Waals surface area contributed by atoms with E-state index in [0.29, 0.717) is 0 Å². The van der Waals surface area contributed by atoms with E-state index in [1.54, 1.807) is 0 Å².